The van der Waals surface area contributed by atoms with Crippen LogP contribution in [0.15, 0.2) is 48.7 Å². The molecule has 0 bridgehead atoms. The monoisotopic (exact) mass is 374 g/mol. The maximum Gasteiger partial charge on any atom is 0.433 e. The van der Waals surface area contributed by atoms with Gasteiger partial charge < -0.3 is 15.2 Å². The lowest BCUT2D eigenvalue weighted by molar-refractivity contribution is -0.141. The predicted octanol–water partition coefficient (Wildman–Crippen LogP) is 4.30. The number of benzene rings is 1. The van der Waals surface area contributed by atoms with Crippen LogP contribution in [0.1, 0.15) is 11.3 Å². The van der Waals surface area contributed by atoms with Crippen molar-refractivity contribution in [1.29, 1.82) is 0 Å². The second-order valence-electron chi connectivity index (χ2n) is 6.10. The van der Waals surface area contributed by atoms with Crippen molar-refractivity contribution in [1.82, 2.24) is 9.97 Å². The highest BCUT2D eigenvalue weighted by atomic mass is 19.4. The van der Waals surface area contributed by atoms with E-state index in [1.165, 1.54) is 23.1 Å². The van der Waals surface area contributed by atoms with Crippen molar-refractivity contribution in [2.45, 2.75) is 6.18 Å². The van der Waals surface area contributed by atoms with Crippen molar-refractivity contribution < 1.29 is 18.0 Å². The number of alkyl halides is 3. The molecule has 0 unspecified atom stereocenters. The van der Waals surface area contributed by atoms with Crippen LogP contribution in [0.2, 0.25) is 0 Å². The van der Waals surface area contributed by atoms with Gasteiger partial charge in [0.15, 0.2) is 0 Å². The van der Waals surface area contributed by atoms with Gasteiger partial charge in [-0.15, -0.1) is 0 Å². The summed E-state index contributed by atoms with van der Waals surface area (Å²) >= 11 is 0. The molecule has 8 heteroatoms. The van der Waals surface area contributed by atoms with Gasteiger partial charge in [-0.25, -0.2) is 4.98 Å². The highest BCUT2D eigenvalue weighted by molar-refractivity contribution is 6.03. The second-order valence-corrected chi connectivity index (χ2v) is 6.10. The summed E-state index contributed by atoms with van der Waals surface area (Å²) in [4.78, 5) is 20.3. The lowest BCUT2D eigenvalue weighted by atomic mass is 10.2. The topological polar surface area (TPSA) is 61.0 Å². The third-order valence-corrected chi connectivity index (χ3v) is 3.85. The van der Waals surface area contributed by atoms with Gasteiger partial charge in [-0.3, -0.25) is 4.79 Å². The zero-order chi connectivity index (χ0) is 19.6. The van der Waals surface area contributed by atoms with Crippen LogP contribution in [0.25, 0.3) is 17.0 Å². The predicted molar refractivity (Wildman–Crippen MR) is 99.5 cm³/mol. The van der Waals surface area contributed by atoms with E-state index in [0.29, 0.717) is 11.3 Å². The van der Waals surface area contributed by atoms with Crippen LogP contribution >= 0.6 is 0 Å². The summed E-state index contributed by atoms with van der Waals surface area (Å²) in [5.74, 6) is -0.267. The fraction of sp³-hybridized carbons (Fsp3) is 0.158. The first-order valence-electron chi connectivity index (χ1n) is 8.06. The Bertz CT molecular complexity index is 1010. The lowest BCUT2D eigenvalue weighted by Crippen LogP contribution is -2.16. The van der Waals surface area contributed by atoms with Gasteiger partial charge in [0.1, 0.15) is 11.5 Å². The van der Waals surface area contributed by atoms with Gasteiger partial charge in [0.05, 0.1) is 0 Å². The standard InChI is InChI=1S/C19H17F3N4O/c1-26(2)18-12(3-7-16(25-18)19(20,21)22)4-8-17(27)24-14-5-6-15-13(11-14)9-10-23-15/h3-11,23H,1-2H3,(H,24,27). The first kappa shape index (κ1) is 18.5. The molecule has 3 aromatic rings. The molecule has 0 aliphatic heterocycles. The average molecular weight is 374 g/mol. The summed E-state index contributed by atoms with van der Waals surface area (Å²) in [6, 6.07) is 9.50. The number of aromatic amines is 1. The van der Waals surface area contributed by atoms with E-state index in [1.54, 1.807) is 26.4 Å². The minimum Gasteiger partial charge on any atom is -0.362 e. The number of nitrogens with one attached hydrogen (secondary N) is 2. The van der Waals surface area contributed by atoms with E-state index in [1.807, 2.05) is 18.2 Å². The Morgan fingerprint density at radius 2 is 1.96 bits per heavy atom. The highest BCUT2D eigenvalue weighted by Gasteiger charge is 2.33. The molecule has 140 valence electrons. The minimum atomic E-state index is -4.53. The average Bonchev–Trinajstić information content (AvgIpc) is 3.06. The van der Waals surface area contributed by atoms with Crippen LogP contribution in [-0.2, 0) is 11.0 Å². The third kappa shape index (κ3) is 4.28. The number of rotatable bonds is 4. The number of hydrogen-bond acceptors (Lipinski definition) is 3. The van der Waals surface area contributed by atoms with E-state index in [9.17, 15) is 18.0 Å². The zero-order valence-corrected chi connectivity index (χ0v) is 14.6. The van der Waals surface area contributed by atoms with Crippen molar-refractivity contribution in [2.75, 3.05) is 24.3 Å². The van der Waals surface area contributed by atoms with Gasteiger partial charge in [-0.2, -0.15) is 13.2 Å². The Morgan fingerprint density at radius 3 is 2.67 bits per heavy atom. The van der Waals surface area contributed by atoms with Gasteiger partial charge >= 0.3 is 6.18 Å². The molecule has 27 heavy (non-hydrogen) atoms. The summed E-state index contributed by atoms with van der Waals surface area (Å²) in [6.07, 6.45) is -0.0248. The quantitative estimate of drug-likeness (QED) is 0.670. The van der Waals surface area contributed by atoms with E-state index in [2.05, 4.69) is 15.3 Å². The molecular weight excluding hydrogens is 357 g/mol. The number of pyridine rings is 1. The van der Waals surface area contributed by atoms with E-state index >= 15 is 0 Å². The van der Waals surface area contributed by atoms with Crippen molar-refractivity contribution in [2.24, 2.45) is 0 Å². The molecule has 0 radical (unpaired) electrons. The number of halogens is 3. The molecule has 5 nitrogen and oxygen atoms in total. The summed E-state index contributed by atoms with van der Waals surface area (Å²) in [7, 11) is 3.18. The smallest absolute Gasteiger partial charge is 0.362 e. The fourth-order valence-electron chi connectivity index (χ4n) is 2.59. The van der Waals surface area contributed by atoms with Gasteiger partial charge in [-0.05, 0) is 42.5 Å². The molecule has 1 aromatic carbocycles. The van der Waals surface area contributed by atoms with Crippen LogP contribution in [0.3, 0.4) is 0 Å². The molecule has 0 aliphatic carbocycles. The van der Waals surface area contributed by atoms with Gasteiger partial charge in [-0.1, -0.05) is 0 Å². The Kier molecular flexibility index (Phi) is 4.89. The lowest BCUT2D eigenvalue weighted by Gasteiger charge is -2.16. The zero-order valence-electron chi connectivity index (χ0n) is 14.6. The van der Waals surface area contributed by atoms with E-state index in [-0.39, 0.29) is 5.82 Å². The molecule has 1 amide bonds. The number of aromatic nitrogens is 2. The molecule has 0 fully saturated rings. The maximum absolute atomic E-state index is 12.8. The molecule has 0 saturated carbocycles. The molecule has 2 N–H and O–H groups in total. The van der Waals surface area contributed by atoms with Crippen LogP contribution in [0, 0.1) is 0 Å². The van der Waals surface area contributed by atoms with Crippen LogP contribution < -0.4 is 10.2 Å². The summed E-state index contributed by atoms with van der Waals surface area (Å²) < 4.78 is 38.5. The number of anilines is 2. The summed E-state index contributed by atoms with van der Waals surface area (Å²) in [6.45, 7) is 0. The maximum atomic E-state index is 12.8. The molecule has 0 aliphatic rings. The number of H-pyrrole nitrogens is 1. The van der Waals surface area contributed by atoms with Crippen molar-refractivity contribution in [3.05, 3.63) is 59.9 Å². The van der Waals surface area contributed by atoms with Crippen molar-refractivity contribution in [3.8, 4) is 0 Å². The normalized spacial score (nSPS) is 11.9. The van der Waals surface area contributed by atoms with E-state index in [0.717, 1.165) is 17.0 Å². The fourth-order valence-corrected chi connectivity index (χ4v) is 2.59. The van der Waals surface area contributed by atoms with Crippen LogP contribution in [0.5, 0.6) is 0 Å². The molecular formula is C19H17F3N4O. The molecule has 0 atom stereocenters. The Balaban J connectivity index is 1.78. The highest BCUT2D eigenvalue weighted by Crippen LogP contribution is 2.30. The van der Waals surface area contributed by atoms with E-state index in [4.69, 9.17) is 0 Å². The third-order valence-electron chi connectivity index (χ3n) is 3.85. The molecule has 2 heterocycles. The number of carbonyl (C=O) groups is 1. The Labute approximate surface area is 153 Å². The number of nitrogens with zero attached hydrogens (tertiary/aromatic N) is 2. The van der Waals surface area contributed by atoms with Crippen molar-refractivity contribution in [3.63, 3.8) is 0 Å². The van der Waals surface area contributed by atoms with E-state index < -0.39 is 17.8 Å². The summed E-state index contributed by atoms with van der Waals surface area (Å²) in [5.41, 5.74) is 1.00. The number of fused-ring (bicyclic) bond motifs is 1. The van der Waals surface area contributed by atoms with Gasteiger partial charge in [0.2, 0.25) is 5.91 Å². The number of carbonyl (C=O) groups excluding carboxylic acids is 1. The van der Waals surface area contributed by atoms with Crippen LogP contribution in [0.4, 0.5) is 24.7 Å². The van der Waals surface area contributed by atoms with Gasteiger partial charge in [0, 0.05) is 48.5 Å². The first-order chi connectivity index (χ1) is 12.7. The van der Waals surface area contributed by atoms with Crippen LogP contribution in [-0.4, -0.2) is 30.0 Å². The SMILES string of the molecule is CN(C)c1nc(C(F)(F)F)ccc1C=CC(=O)Nc1ccc2[nH]ccc2c1. The molecule has 0 saturated heterocycles. The number of amides is 1. The second kappa shape index (κ2) is 7.14. The largest absolute Gasteiger partial charge is 0.433 e. The Hall–Kier alpha value is -3.29. The minimum absolute atomic E-state index is 0.127. The first-order valence-corrected chi connectivity index (χ1v) is 8.06. The van der Waals surface area contributed by atoms with Gasteiger partial charge in [0.25, 0.3) is 0 Å². The molecule has 0 spiro atoms. The Morgan fingerprint density at radius 1 is 1.19 bits per heavy atom. The summed E-state index contributed by atoms with van der Waals surface area (Å²) in [5, 5.41) is 3.68. The molecule has 3 rings (SSSR count). The number of hydrogen-bond donors (Lipinski definition) is 2. The van der Waals surface area contributed by atoms with Crippen molar-refractivity contribution >= 4 is 34.4 Å². The molecule has 2 aromatic heterocycles.